The summed E-state index contributed by atoms with van der Waals surface area (Å²) in [6.07, 6.45) is -1.09. The van der Waals surface area contributed by atoms with Gasteiger partial charge in [-0.25, -0.2) is 8.78 Å². The van der Waals surface area contributed by atoms with E-state index in [1.807, 2.05) is 13.8 Å². The SMILES string of the molecule is CCC(O)(CC)CNCc1cccc(C(F)F)c1. The standard InChI is InChI=1S/C14H21F2NO/c1-3-14(18,4-2)10-17-9-11-6-5-7-12(8-11)13(15)16/h5-8,13,17-18H,3-4,9-10H2,1-2H3. The highest BCUT2D eigenvalue weighted by Gasteiger charge is 2.21. The molecule has 0 saturated carbocycles. The molecule has 0 saturated heterocycles. The molecule has 0 unspecified atom stereocenters. The fourth-order valence-electron chi connectivity index (χ4n) is 1.78. The van der Waals surface area contributed by atoms with E-state index in [4.69, 9.17) is 0 Å². The predicted octanol–water partition coefficient (Wildman–Crippen LogP) is 3.26. The van der Waals surface area contributed by atoms with Gasteiger partial charge < -0.3 is 10.4 Å². The topological polar surface area (TPSA) is 32.3 Å². The van der Waals surface area contributed by atoms with Gasteiger partial charge in [-0.15, -0.1) is 0 Å². The Bertz CT molecular complexity index is 365. The third kappa shape index (κ3) is 4.35. The van der Waals surface area contributed by atoms with Gasteiger partial charge in [0.2, 0.25) is 0 Å². The molecule has 0 atom stereocenters. The zero-order chi connectivity index (χ0) is 13.6. The second-order valence-corrected chi connectivity index (χ2v) is 4.58. The van der Waals surface area contributed by atoms with E-state index >= 15 is 0 Å². The van der Waals surface area contributed by atoms with Crippen LogP contribution < -0.4 is 5.32 Å². The number of rotatable bonds is 7. The van der Waals surface area contributed by atoms with Crippen LogP contribution >= 0.6 is 0 Å². The average Bonchev–Trinajstić information content (AvgIpc) is 2.39. The molecule has 1 rings (SSSR count). The first-order valence-electron chi connectivity index (χ1n) is 6.31. The van der Waals surface area contributed by atoms with E-state index < -0.39 is 12.0 Å². The highest BCUT2D eigenvalue weighted by atomic mass is 19.3. The average molecular weight is 257 g/mol. The van der Waals surface area contributed by atoms with Crippen LogP contribution in [0.15, 0.2) is 24.3 Å². The molecule has 0 aliphatic carbocycles. The van der Waals surface area contributed by atoms with E-state index in [1.54, 1.807) is 12.1 Å². The molecule has 102 valence electrons. The highest BCUT2D eigenvalue weighted by molar-refractivity contribution is 5.24. The van der Waals surface area contributed by atoms with Gasteiger partial charge in [-0.3, -0.25) is 0 Å². The van der Waals surface area contributed by atoms with Crippen LogP contribution in [0.5, 0.6) is 0 Å². The van der Waals surface area contributed by atoms with E-state index in [0.717, 1.165) is 5.56 Å². The molecule has 0 heterocycles. The van der Waals surface area contributed by atoms with Crippen molar-refractivity contribution in [2.75, 3.05) is 6.54 Å². The second kappa shape index (κ2) is 6.81. The van der Waals surface area contributed by atoms with Gasteiger partial charge in [0.05, 0.1) is 5.60 Å². The molecule has 1 aromatic rings. The number of aliphatic hydroxyl groups is 1. The summed E-state index contributed by atoms with van der Waals surface area (Å²) < 4.78 is 25.0. The van der Waals surface area contributed by atoms with Crippen molar-refractivity contribution in [3.63, 3.8) is 0 Å². The van der Waals surface area contributed by atoms with E-state index in [9.17, 15) is 13.9 Å². The van der Waals surface area contributed by atoms with Crippen molar-refractivity contribution in [2.24, 2.45) is 0 Å². The van der Waals surface area contributed by atoms with Crippen molar-refractivity contribution >= 4 is 0 Å². The number of benzene rings is 1. The Morgan fingerprint density at radius 2 is 1.94 bits per heavy atom. The second-order valence-electron chi connectivity index (χ2n) is 4.58. The largest absolute Gasteiger partial charge is 0.389 e. The van der Waals surface area contributed by atoms with Crippen molar-refractivity contribution in [3.05, 3.63) is 35.4 Å². The molecule has 4 heteroatoms. The van der Waals surface area contributed by atoms with Crippen molar-refractivity contribution in [1.82, 2.24) is 5.32 Å². The molecule has 0 radical (unpaired) electrons. The summed E-state index contributed by atoms with van der Waals surface area (Å²) in [6.45, 7) is 4.83. The molecule has 0 fully saturated rings. The molecular weight excluding hydrogens is 236 g/mol. The number of nitrogens with one attached hydrogen (secondary N) is 1. The Labute approximate surface area is 107 Å². The van der Waals surface area contributed by atoms with Gasteiger partial charge in [-0.1, -0.05) is 32.0 Å². The van der Waals surface area contributed by atoms with Crippen LogP contribution in [0, 0.1) is 0 Å². The van der Waals surface area contributed by atoms with E-state index in [-0.39, 0.29) is 5.56 Å². The number of alkyl halides is 2. The zero-order valence-corrected chi connectivity index (χ0v) is 10.9. The number of hydrogen-bond acceptors (Lipinski definition) is 2. The van der Waals surface area contributed by atoms with Crippen molar-refractivity contribution in [3.8, 4) is 0 Å². The van der Waals surface area contributed by atoms with Gasteiger partial charge in [-0.05, 0) is 24.5 Å². The summed E-state index contributed by atoms with van der Waals surface area (Å²) in [5, 5.41) is 13.2. The fraction of sp³-hybridized carbons (Fsp3) is 0.571. The van der Waals surface area contributed by atoms with E-state index in [1.165, 1.54) is 12.1 Å². The maximum atomic E-state index is 12.5. The maximum Gasteiger partial charge on any atom is 0.263 e. The van der Waals surface area contributed by atoms with Crippen LogP contribution in [0.1, 0.15) is 44.2 Å². The molecule has 2 N–H and O–H groups in total. The third-order valence-electron chi connectivity index (χ3n) is 3.30. The van der Waals surface area contributed by atoms with Crippen LogP contribution in [-0.2, 0) is 6.54 Å². The molecule has 0 aliphatic heterocycles. The van der Waals surface area contributed by atoms with Gasteiger partial charge in [0.15, 0.2) is 0 Å². The smallest absolute Gasteiger partial charge is 0.263 e. The maximum absolute atomic E-state index is 12.5. The Morgan fingerprint density at radius 3 is 2.50 bits per heavy atom. The molecule has 0 aliphatic rings. The molecule has 2 nitrogen and oxygen atoms in total. The Kier molecular flexibility index (Phi) is 5.69. The minimum absolute atomic E-state index is 0.0375. The first-order chi connectivity index (χ1) is 8.50. The molecule has 0 spiro atoms. The van der Waals surface area contributed by atoms with Gasteiger partial charge in [0.1, 0.15) is 0 Å². The van der Waals surface area contributed by atoms with Crippen LogP contribution in [0.2, 0.25) is 0 Å². The molecule has 0 aromatic heterocycles. The van der Waals surface area contributed by atoms with Crippen molar-refractivity contribution in [1.29, 1.82) is 0 Å². The molecule has 1 aromatic carbocycles. The molecule has 0 amide bonds. The van der Waals surface area contributed by atoms with Gasteiger partial charge in [-0.2, -0.15) is 0 Å². The van der Waals surface area contributed by atoms with Crippen LogP contribution in [0.3, 0.4) is 0 Å². The summed E-state index contributed by atoms with van der Waals surface area (Å²) >= 11 is 0. The lowest BCUT2D eigenvalue weighted by atomic mass is 9.97. The highest BCUT2D eigenvalue weighted by Crippen LogP contribution is 2.19. The first-order valence-corrected chi connectivity index (χ1v) is 6.31. The van der Waals surface area contributed by atoms with E-state index in [2.05, 4.69) is 5.32 Å². The van der Waals surface area contributed by atoms with Crippen molar-refractivity contribution < 1.29 is 13.9 Å². The van der Waals surface area contributed by atoms with Crippen molar-refractivity contribution in [2.45, 2.75) is 45.3 Å². The Hall–Kier alpha value is -1.00. The Balaban J connectivity index is 2.51. The van der Waals surface area contributed by atoms with Crippen LogP contribution in [-0.4, -0.2) is 17.3 Å². The summed E-state index contributed by atoms with van der Waals surface area (Å²) in [5.74, 6) is 0. The Morgan fingerprint density at radius 1 is 1.28 bits per heavy atom. The summed E-state index contributed by atoms with van der Waals surface area (Å²) in [6, 6.07) is 6.34. The summed E-state index contributed by atoms with van der Waals surface area (Å²) in [7, 11) is 0. The fourth-order valence-corrected chi connectivity index (χ4v) is 1.78. The summed E-state index contributed by atoms with van der Waals surface area (Å²) in [4.78, 5) is 0. The number of hydrogen-bond donors (Lipinski definition) is 2. The monoisotopic (exact) mass is 257 g/mol. The lowest BCUT2D eigenvalue weighted by molar-refractivity contribution is 0.0323. The van der Waals surface area contributed by atoms with Gasteiger partial charge in [0.25, 0.3) is 6.43 Å². The number of halogens is 2. The van der Waals surface area contributed by atoms with Crippen LogP contribution in [0.25, 0.3) is 0 Å². The zero-order valence-electron chi connectivity index (χ0n) is 10.9. The van der Waals surface area contributed by atoms with Gasteiger partial charge >= 0.3 is 0 Å². The third-order valence-corrected chi connectivity index (χ3v) is 3.30. The predicted molar refractivity (Wildman–Crippen MR) is 68.6 cm³/mol. The summed E-state index contributed by atoms with van der Waals surface area (Å²) in [5.41, 5.74) is 0.137. The molecule has 18 heavy (non-hydrogen) atoms. The first kappa shape index (κ1) is 15.1. The molecule has 0 bridgehead atoms. The normalized spacial score (nSPS) is 12.1. The van der Waals surface area contributed by atoms with Gasteiger partial charge in [0, 0.05) is 18.7 Å². The lowest BCUT2D eigenvalue weighted by Gasteiger charge is -2.25. The lowest BCUT2D eigenvalue weighted by Crippen LogP contribution is -2.39. The quantitative estimate of drug-likeness (QED) is 0.785. The van der Waals surface area contributed by atoms with Crippen LogP contribution in [0.4, 0.5) is 8.78 Å². The minimum Gasteiger partial charge on any atom is -0.389 e. The molecular formula is C14H21F2NO. The minimum atomic E-state index is -2.44. The van der Waals surface area contributed by atoms with E-state index in [0.29, 0.717) is 25.9 Å².